The fourth-order valence-electron chi connectivity index (χ4n) is 5.38. The van der Waals surface area contributed by atoms with E-state index >= 15 is 0 Å². The molecule has 0 saturated heterocycles. The zero-order valence-corrected chi connectivity index (χ0v) is 19.6. The Balaban J connectivity index is 2.04. The van der Waals surface area contributed by atoms with Gasteiger partial charge in [-0.25, -0.2) is 4.79 Å². The molecule has 0 aliphatic heterocycles. The highest BCUT2D eigenvalue weighted by Gasteiger charge is 2.65. The summed E-state index contributed by atoms with van der Waals surface area (Å²) in [5.74, 6) is -1.13. The molecule has 0 bridgehead atoms. The van der Waals surface area contributed by atoms with Crippen molar-refractivity contribution in [1.29, 1.82) is 0 Å². The molecule has 1 saturated carbocycles. The number of aliphatic hydroxyl groups excluding tert-OH is 1. The predicted molar refractivity (Wildman–Crippen MR) is 118 cm³/mol. The van der Waals surface area contributed by atoms with Crippen LogP contribution >= 0.6 is 0 Å². The lowest BCUT2D eigenvalue weighted by Gasteiger charge is -2.43. The summed E-state index contributed by atoms with van der Waals surface area (Å²) in [4.78, 5) is 24.9. The van der Waals surface area contributed by atoms with Gasteiger partial charge in [-0.3, -0.25) is 4.79 Å². The second-order valence-corrected chi connectivity index (χ2v) is 9.66. The van der Waals surface area contributed by atoms with E-state index in [0.717, 1.165) is 0 Å². The molecule has 6 atom stereocenters. The highest BCUT2D eigenvalue weighted by atomic mass is 16.6. The summed E-state index contributed by atoms with van der Waals surface area (Å²) in [6.45, 7) is 8.81. The van der Waals surface area contributed by atoms with Crippen molar-refractivity contribution in [2.45, 2.75) is 71.4 Å². The van der Waals surface area contributed by atoms with E-state index in [1.807, 2.05) is 20.8 Å². The molecule has 2 N–H and O–H groups in total. The van der Waals surface area contributed by atoms with Crippen LogP contribution in [0.1, 0.15) is 57.8 Å². The van der Waals surface area contributed by atoms with Gasteiger partial charge >= 0.3 is 11.9 Å². The molecular weight excluding hydrogens is 412 g/mol. The lowest BCUT2D eigenvalue weighted by atomic mass is 9.67. The van der Waals surface area contributed by atoms with Crippen molar-refractivity contribution in [3.05, 3.63) is 41.5 Å². The maximum Gasteiger partial charge on any atom is 0.338 e. The van der Waals surface area contributed by atoms with Crippen molar-refractivity contribution >= 4 is 11.9 Å². The minimum absolute atomic E-state index is 0.196. The number of fused-ring (bicyclic) bond motifs is 1. The van der Waals surface area contributed by atoms with Crippen LogP contribution in [0.15, 0.2) is 35.9 Å². The number of esters is 2. The monoisotopic (exact) mass is 446 g/mol. The lowest BCUT2D eigenvalue weighted by Crippen LogP contribution is -2.50. The normalized spacial score (nSPS) is 34.3. The van der Waals surface area contributed by atoms with Gasteiger partial charge in [-0.15, -0.1) is 0 Å². The molecule has 7 nitrogen and oxygen atoms in total. The number of rotatable bonds is 5. The van der Waals surface area contributed by atoms with Crippen LogP contribution in [0.3, 0.4) is 0 Å². The summed E-state index contributed by atoms with van der Waals surface area (Å²) in [5, 5.41) is 22.6. The smallest absolute Gasteiger partial charge is 0.338 e. The second kappa shape index (κ2) is 8.87. The number of hydrogen-bond donors (Lipinski definition) is 2. The number of aliphatic hydroxyl groups is 2. The largest absolute Gasteiger partial charge is 0.497 e. The van der Waals surface area contributed by atoms with Gasteiger partial charge in [0.2, 0.25) is 0 Å². The quantitative estimate of drug-likeness (QED) is 0.529. The third-order valence-corrected chi connectivity index (χ3v) is 7.29. The van der Waals surface area contributed by atoms with E-state index in [-0.39, 0.29) is 18.8 Å². The van der Waals surface area contributed by atoms with Gasteiger partial charge in [0.1, 0.15) is 18.0 Å². The zero-order valence-electron chi connectivity index (χ0n) is 19.6. The Bertz CT molecular complexity index is 890. The van der Waals surface area contributed by atoms with E-state index in [4.69, 9.17) is 14.2 Å². The molecule has 0 amide bonds. The fourth-order valence-corrected chi connectivity index (χ4v) is 5.38. The summed E-state index contributed by atoms with van der Waals surface area (Å²) < 4.78 is 16.7. The first-order valence-corrected chi connectivity index (χ1v) is 11.0. The molecule has 0 radical (unpaired) electrons. The third kappa shape index (κ3) is 4.28. The molecule has 2 aliphatic rings. The number of benzene rings is 1. The van der Waals surface area contributed by atoms with Gasteiger partial charge in [-0.1, -0.05) is 20.8 Å². The number of methoxy groups -OCH3 is 1. The first kappa shape index (κ1) is 24.3. The molecule has 3 rings (SSSR count). The summed E-state index contributed by atoms with van der Waals surface area (Å²) >= 11 is 0. The minimum Gasteiger partial charge on any atom is -0.497 e. The number of ether oxygens (including phenoxy) is 3. The third-order valence-electron chi connectivity index (χ3n) is 7.29. The molecule has 0 unspecified atom stereocenters. The second-order valence-electron chi connectivity index (χ2n) is 9.66. The fraction of sp³-hybridized carbons (Fsp3) is 0.600. The van der Waals surface area contributed by atoms with Crippen LogP contribution in [-0.2, 0) is 14.3 Å². The number of hydrogen-bond acceptors (Lipinski definition) is 7. The molecular formula is C25H34O7. The van der Waals surface area contributed by atoms with E-state index in [2.05, 4.69) is 0 Å². The Hall–Kier alpha value is -2.38. The molecule has 32 heavy (non-hydrogen) atoms. The van der Waals surface area contributed by atoms with Gasteiger partial charge in [0.15, 0.2) is 0 Å². The Morgan fingerprint density at radius 2 is 1.75 bits per heavy atom. The molecule has 0 spiro atoms. The van der Waals surface area contributed by atoms with Crippen LogP contribution in [0, 0.1) is 17.3 Å². The Morgan fingerprint density at radius 3 is 2.28 bits per heavy atom. The topological polar surface area (TPSA) is 102 Å². The molecule has 1 fully saturated rings. The molecule has 1 aromatic rings. The van der Waals surface area contributed by atoms with Gasteiger partial charge in [0.05, 0.1) is 24.4 Å². The van der Waals surface area contributed by atoms with Crippen LogP contribution in [0.25, 0.3) is 0 Å². The molecule has 0 heterocycles. The Kier molecular flexibility index (Phi) is 6.72. The number of carbonyl (C=O) groups is 2. The Morgan fingerprint density at radius 1 is 1.12 bits per heavy atom. The van der Waals surface area contributed by atoms with E-state index in [1.165, 1.54) is 6.92 Å². The van der Waals surface area contributed by atoms with Crippen molar-refractivity contribution in [3.63, 3.8) is 0 Å². The van der Waals surface area contributed by atoms with Gasteiger partial charge in [0.25, 0.3) is 0 Å². The van der Waals surface area contributed by atoms with Crippen LogP contribution in [0.2, 0.25) is 0 Å². The summed E-state index contributed by atoms with van der Waals surface area (Å²) in [6, 6.07) is 6.59. The average molecular weight is 447 g/mol. The minimum atomic E-state index is -1.26. The molecule has 176 valence electrons. The van der Waals surface area contributed by atoms with Crippen LogP contribution in [0.5, 0.6) is 5.75 Å². The number of carbonyl (C=O) groups excluding carboxylic acids is 2. The van der Waals surface area contributed by atoms with E-state index in [9.17, 15) is 19.8 Å². The van der Waals surface area contributed by atoms with E-state index in [1.54, 1.807) is 44.4 Å². The van der Waals surface area contributed by atoms with Gasteiger partial charge < -0.3 is 24.4 Å². The van der Waals surface area contributed by atoms with Crippen molar-refractivity contribution in [1.82, 2.24) is 0 Å². The molecule has 0 aromatic heterocycles. The zero-order chi connectivity index (χ0) is 23.8. The van der Waals surface area contributed by atoms with E-state index in [0.29, 0.717) is 16.9 Å². The molecule has 7 heteroatoms. The first-order valence-electron chi connectivity index (χ1n) is 11.0. The lowest BCUT2D eigenvalue weighted by molar-refractivity contribution is -0.154. The summed E-state index contributed by atoms with van der Waals surface area (Å²) in [7, 11) is 1.55. The van der Waals surface area contributed by atoms with Crippen LogP contribution < -0.4 is 4.74 Å². The highest BCUT2D eigenvalue weighted by Crippen LogP contribution is 2.59. The maximum atomic E-state index is 13.0. The predicted octanol–water partition coefficient (Wildman–Crippen LogP) is 3.28. The molecule has 1 aromatic carbocycles. The van der Waals surface area contributed by atoms with Gasteiger partial charge in [-0.05, 0) is 55.2 Å². The van der Waals surface area contributed by atoms with Crippen molar-refractivity contribution < 1.29 is 34.0 Å². The van der Waals surface area contributed by atoms with Crippen LogP contribution in [0.4, 0.5) is 0 Å². The van der Waals surface area contributed by atoms with Crippen molar-refractivity contribution in [2.24, 2.45) is 17.3 Å². The van der Waals surface area contributed by atoms with Crippen molar-refractivity contribution in [3.8, 4) is 5.75 Å². The average Bonchev–Trinajstić information content (AvgIpc) is 2.87. The SMILES string of the molecule is COc1ccc(C(=O)O[C@H]2C=C(C)[C@@H](O)C[C@]3(C)[C@@H]2[C@@](O)(C(C)C)C[C@H]3OC(C)=O)cc1. The van der Waals surface area contributed by atoms with Gasteiger partial charge in [0, 0.05) is 24.7 Å². The van der Waals surface area contributed by atoms with Crippen LogP contribution in [-0.4, -0.2) is 53.2 Å². The van der Waals surface area contributed by atoms with E-state index < -0.39 is 47.2 Å². The Labute approximate surface area is 189 Å². The molecule has 2 aliphatic carbocycles. The standard InChI is InChI=1S/C25H34O7/c1-14(2)25(29)13-21(31-16(4)26)24(5)12-19(27)15(3)11-20(22(24)25)32-23(28)17-7-9-18(30-6)10-8-17/h7-11,14,19-22,27,29H,12-13H2,1-6H3/t19-,20-,21+,22+,24-,25-/m0/s1. The highest BCUT2D eigenvalue weighted by molar-refractivity contribution is 5.89. The summed E-state index contributed by atoms with van der Waals surface area (Å²) in [5.41, 5.74) is -1.06. The maximum absolute atomic E-state index is 13.0. The van der Waals surface area contributed by atoms with Crippen molar-refractivity contribution in [2.75, 3.05) is 7.11 Å². The first-order chi connectivity index (χ1) is 14.9. The summed E-state index contributed by atoms with van der Waals surface area (Å²) in [6.07, 6.45) is -0.00977. The van der Waals surface area contributed by atoms with Gasteiger partial charge in [-0.2, -0.15) is 0 Å².